The van der Waals surface area contributed by atoms with E-state index in [4.69, 9.17) is 14.0 Å². The van der Waals surface area contributed by atoms with E-state index in [9.17, 15) is 22.8 Å². The maximum absolute atomic E-state index is 12.9. The molecule has 42 heavy (non-hydrogen) atoms. The topological polar surface area (TPSA) is 73.9 Å². The fraction of sp³-hybridized carbons (Fsp3) is 0.312. The van der Waals surface area contributed by atoms with Crippen molar-refractivity contribution in [1.82, 2.24) is 5.32 Å². The minimum atomic E-state index is -4.96. The molecule has 1 amide bonds. The summed E-state index contributed by atoms with van der Waals surface area (Å²) in [5, 5.41) is 2.76. The highest BCUT2D eigenvalue weighted by molar-refractivity contribution is 6.56. The zero-order valence-corrected chi connectivity index (χ0v) is 23.7. The van der Waals surface area contributed by atoms with Crippen molar-refractivity contribution >= 4 is 25.1 Å². The van der Waals surface area contributed by atoms with Crippen LogP contribution < -0.4 is 5.32 Å². The molecule has 2 aliphatic rings. The molecular weight excluding hydrogens is 546 g/mol. The van der Waals surface area contributed by atoms with E-state index in [-0.39, 0.29) is 19.1 Å². The van der Waals surface area contributed by atoms with Crippen LogP contribution in [0.4, 0.5) is 18.0 Å². The van der Waals surface area contributed by atoms with Gasteiger partial charge >= 0.3 is 19.4 Å². The summed E-state index contributed by atoms with van der Waals surface area (Å²) in [6.07, 6.45) is -3.93. The summed E-state index contributed by atoms with van der Waals surface area (Å²) in [6, 6.07) is 21.1. The highest BCUT2D eigenvalue weighted by Crippen LogP contribution is 2.44. The summed E-state index contributed by atoms with van der Waals surface area (Å²) < 4.78 is 56.5. The molecule has 10 heteroatoms. The molecule has 1 aliphatic heterocycles. The number of halogens is 3. The Morgan fingerprint density at radius 3 is 1.93 bits per heavy atom. The fourth-order valence-corrected chi connectivity index (χ4v) is 5.13. The van der Waals surface area contributed by atoms with Crippen molar-refractivity contribution < 1.29 is 36.8 Å². The number of carbonyl (C=O) groups excluding carboxylic acids is 2. The number of alkyl carbamates (subject to hydrolysis) is 1. The Bertz CT molecular complexity index is 1470. The molecular formula is C32H31BF3NO5. The molecule has 0 bridgehead atoms. The van der Waals surface area contributed by atoms with Crippen LogP contribution >= 0.6 is 0 Å². The lowest BCUT2D eigenvalue weighted by Crippen LogP contribution is -2.41. The van der Waals surface area contributed by atoms with Gasteiger partial charge < -0.3 is 19.4 Å². The van der Waals surface area contributed by atoms with Crippen molar-refractivity contribution in [2.24, 2.45) is 0 Å². The summed E-state index contributed by atoms with van der Waals surface area (Å²) in [5.41, 5.74) is 3.67. The fourth-order valence-electron chi connectivity index (χ4n) is 5.13. The second-order valence-corrected chi connectivity index (χ2v) is 11.4. The smallest absolute Gasteiger partial charge is 0.449 e. The van der Waals surface area contributed by atoms with E-state index in [1.807, 2.05) is 64.1 Å². The van der Waals surface area contributed by atoms with Gasteiger partial charge in [-0.15, -0.1) is 0 Å². The number of hydrogen-bond donors (Lipinski definition) is 1. The van der Waals surface area contributed by atoms with Crippen molar-refractivity contribution in [2.75, 3.05) is 13.2 Å². The molecule has 0 aromatic heterocycles. The van der Waals surface area contributed by atoms with Crippen LogP contribution in [0.1, 0.15) is 60.7 Å². The largest absolute Gasteiger partial charge is 0.492 e. The third-order valence-corrected chi connectivity index (χ3v) is 8.12. The molecule has 1 aliphatic carbocycles. The minimum absolute atomic E-state index is 0.00324. The third kappa shape index (κ3) is 5.87. The number of hydrogen-bond acceptors (Lipinski definition) is 5. The average molecular weight is 577 g/mol. The Balaban J connectivity index is 1.31. The Morgan fingerprint density at radius 2 is 1.40 bits per heavy atom. The van der Waals surface area contributed by atoms with Gasteiger partial charge in [0.25, 0.3) is 5.78 Å². The molecule has 3 aromatic rings. The van der Waals surface area contributed by atoms with Crippen LogP contribution in [0.2, 0.25) is 0 Å². The molecule has 0 radical (unpaired) electrons. The first kappa shape index (κ1) is 29.6. The average Bonchev–Trinajstić information content (AvgIpc) is 3.38. The molecule has 3 aromatic carbocycles. The first-order chi connectivity index (χ1) is 19.8. The summed E-state index contributed by atoms with van der Waals surface area (Å²) in [5.74, 6) is -2.01. The number of fused-ring (bicyclic) bond motifs is 3. The first-order valence-electron chi connectivity index (χ1n) is 13.6. The van der Waals surface area contributed by atoms with E-state index in [2.05, 4.69) is 17.4 Å². The highest BCUT2D eigenvalue weighted by Gasteiger charge is 2.52. The van der Waals surface area contributed by atoms with Crippen LogP contribution in [0.15, 0.2) is 78.3 Å². The number of benzene rings is 3. The SMILES string of the molecule is CC1(C)OB(C(=Cc2ccc(C(=O)C(F)(F)F)cc2)CNC(=O)OCC2c3ccccc3-c3ccccc32)OC1(C)C. The Morgan fingerprint density at radius 1 is 0.881 bits per heavy atom. The Kier molecular flexibility index (Phi) is 7.81. The second-order valence-electron chi connectivity index (χ2n) is 11.4. The molecule has 6 nitrogen and oxygen atoms in total. The van der Waals surface area contributed by atoms with E-state index >= 15 is 0 Å². The van der Waals surface area contributed by atoms with Gasteiger partial charge in [0.15, 0.2) is 0 Å². The van der Waals surface area contributed by atoms with Crippen molar-refractivity contribution in [3.8, 4) is 11.1 Å². The Labute approximate surface area is 243 Å². The molecule has 1 fully saturated rings. The summed E-state index contributed by atoms with van der Waals surface area (Å²) in [7, 11) is -0.833. The van der Waals surface area contributed by atoms with Crippen molar-refractivity contribution in [2.45, 2.75) is 51.0 Å². The molecule has 1 saturated heterocycles. The number of carbonyl (C=O) groups is 2. The monoisotopic (exact) mass is 577 g/mol. The van der Waals surface area contributed by atoms with E-state index in [0.29, 0.717) is 11.0 Å². The number of ether oxygens (including phenoxy) is 1. The summed E-state index contributed by atoms with van der Waals surface area (Å²) >= 11 is 0. The number of amides is 1. The maximum Gasteiger partial charge on any atom is 0.492 e. The van der Waals surface area contributed by atoms with E-state index in [0.717, 1.165) is 34.4 Å². The number of Topliss-reactive ketones (excluding diaryl/α,β-unsaturated/α-hetero) is 1. The predicted molar refractivity (Wildman–Crippen MR) is 154 cm³/mol. The molecule has 0 atom stereocenters. The van der Waals surface area contributed by atoms with Gasteiger partial charge in [-0.3, -0.25) is 4.79 Å². The molecule has 1 N–H and O–H groups in total. The number of nitrogens with one attached hydrogen (secondary N) is 1. The molecule has 0 saturated carbocycles. The molecule has 0 unspecified atom stereocenters. The zero-order valence-electron chi connectivity index (χ0n) is 23.7. The van der Waals surface area contributed by atoms with E-state index < -0.39 is 41.9 Å². The lowest BCUT2D eigenvalue weighted by molar-refractivity contribution is -0.0885. The van der Waals surface area contributed by atoms with Gasteiger partial charge in [-0.1, -0.05) is 78.9 Å². The minimum Gasteiger partial charge on any atom is -0.449 e. The van der Waals surface area contributed by atoms with Crippen LogP contribution in [0.3, 0.4) is 0 Å². The van der Waals surface area contributed by atoms with E-state index in [1.165, 1.54) is 12.1 Å². The normalized spacial score (nSPS) is 17.5. The van der Waals surface area contributed by atoms with Crippen LogP contribution in [0.5, 0.6) is 0 Å². The predicted octanol–water partition coefficient (Wildman–Crippen LogP) is 6.99. The van der Waals surface area contributed by atoms with E-state index in [1.54, 1.807) is 6.08 Å². The summed E-state index contributed by atoms with van der Waals surface area (Å²) in [4.78, 5) is 24.5. The van der Waals surface area contributed by atoms with Crippen molar-refractivity contribution in [3.05, 3.63) is 101 Å². The van der Waals surface area contributed by atoms with Gasteiger partial charge in [-0.05, 0) is 61.0 Å². The quantitative estimate of drug-likeness (QED) is 0.242. The lowest BCUT2D eigenvalue weighted by atomic mass is 9.77. The molecule has 218 valence electrons. The first-order valence-corrected chi connectivity index (χ1v) is 13.6. The number of ketones is 1. The molecule has 0 spiro atoms. The Hall–Kier alpha value is -3.89. The maximum atomic E-state index is 12.9. The van der Waals surface area contributed by atoms with Gasteiger partial charge in [0.2, 0.25) is 0 Å². The van der Waals surface area contributed by atoms with Crippen LogP contribution in [-0.4, -0.2) is 49.5 Å². The van der Waals surface area contributed by atoms with Crippen molar-refractivity contribution in [3.63, 3.8) is 0 Å². The highest BCUT2D eigenvalue weighted by atomic mass is 19.4. The lowest BCUT2D eigenvalue weighted by Gasteiger charge is -2.32. The molecule has 5 rings (SSSR count). The second kappa shape index (κ2) is 11.1. The summed E-state index contributed by atoms with van der Waals surface area (Å²) in [6.45, 7) is 7.70. The third-order valence-electron chi connectivity index (χ3n) is 8.12. The molecule has 1 heterocycles. The standard InChI is InChI=1S/C32H31BF3NO5/c1-30(2)31(3,4)42-33(41-30)22(17-20-13-15-21(16-14-20)28(38)32(34,35)36)18-37-29(39)40-19-27-25-11-7-5-9-23(25)24-10-6-8-12-26(24)27/h5-17,27H,18-19H2,1-4H3,(H,37,39). The van der Waals surface area contributed by atoms with Gasteiger partial charge in [0, 0.05) is 18.0 Å². The van der Waals surface area contributed by atoms with Crippen LogP contribution in [-0.2, 0) is 14.0 Å². The van der Waals surface area contributed by atoms with Gasteiger partial charge in [-0.25, -0.2) is 4.79 Å². The zero-order chi connectivity index (χ0) is 30.3. The van der Waals surface area contributed by atoms with Gasteiger partial charge in [0.05, 0.1) is 11.2 Å². The van der Waals surface area contributed by atoms with Crippen LogP contribution in [0, 0.1) is 0 Å². The van der Waals surface area contributed by atoms with Crippen LogP contribution in [0.25, 0.3) is 17.2 Å². The number of rotatable bonds is 7. The van der Waals surface area contributed by atoms with Gasteiger partial charge in [-0.2, -0.15) is 13.2 Å². The van der Waals surface area contributed by atoms with Gasteiger partial charge in [0.1, 0.15) is 6.61 Å². The van der Waals surface area contributed by atoms with Crippen molar-refractivity contribution in [1.29, 1.82) is 0 Å². The number of alkyl halides is 3.